The minimum absolute atomic E-state index is 0.00464. The van der Waals surface area contributed by atoms with Crippen molar-refractivity contribution in [3.63, 3.8) is 0 Å². The maximum Gasteiger partial charge on any atom is 0.247 e. The van der Waals surface area contributed by atoms with E-state index in [4.69, 9.17) is 4.74 Å². The normalized spacial score (nSPS) is 27.3. The van der Waals surface area contributed by atoms with Crippen LogP contribution in [0.5, 0.6) is 11.5 Å². The molecule has 4 rings (SSSR count). The van der Waals surface area contributed by atoms with Gasteiger partial charge in [0.2, 0.25) is 5.91 Å². The molecular formula is C31H47NO4. The van der Waals surface area contributed by atoms with Gasteiger partial charge in [0.25, 0.3) is 0 Å². The zero-order valence-corrected chi connectivity index (χ0v) is 23.0. The lowest BCUT2D eigenvalue weighted by molar-refractivity contribution is -0.119. The molecule has 2 atom stereocenters. The molecule has 1 heterocycles. The van der Waals surface area contributed by atoms with Crippen molar-refractivity contribution in [3.8, 4) is 11.5 Å². The van der Waals surface area contributed by atoms with E-state index in [1.807, 2.05) is 6.07 Å². The van der Waals surface area contributed by atoms with Crippen LogP contribution in [0.15, 0.2) is 23.8 Å². The number of phenols is 1. The van der Waals surface area contributed by atoms with E-state index in [0.717, 1.165) is 61.0 Å². The molecule has 1 aliphatic heterocycles. The molecule has 3 N–H and O–H groups in total. The first-order valence-electron chi connectivity index (χ1n) is 14.3. The Hall–Kier alpha value is -2.01. The summed E-state index contributed by atoms with van der Waals surface area (Å²) < 4.78 is 6.56. The highest BCUT2D eigenvalue weighted by Crippen LogP contribution is 2.55. The molecule has 1 fully saturated rings. The highest BCUT2D eigenvalue weighted by molar-refractivity contribution is 5.94. The van der Waals surface area contributed by atoms with E-state index in [1.165, 1.54) is 25.7 Å². The average molecular weight is 498 g/mol. The van der Waals surface area contributed by atoms with Gasteiger partial charge in [-0.25, -0.2) is 0 Å². The van der Waals surface area contributed by atoms with E-state index in [-0.39, 0.29) is 40.9 Å². The van der Waals surface area contributed by atoms with E-state index in [9.17, 15) is 15.0 Å². The molecule has 36 heavy (non-hydrogen) atoms. The van der Waals surface area contributed by atoms with Gasteiger partial charge in [-0.1, -0.05) is 52.5 Å². The van der Waals surface area contributed by atoms with Gasteiger partial charge in [0, 0.05) is 29.0 Å². The number of hydrogen-bond donors (Lipinski definition) is 3. The first-order chi connectivity index (χ1) is 17.0. The predicted molar refractivity (Wildman–Crippen MR) is 145 cm³/mol. The topological polar surface area (TPSA) is 78.8 Å². The number of rotatable bonds is 8. The van der Waals surface area contributed by atoms with Crippen LogP contribution in [0.1, 0.15) is 122 Å². The third kappa shape index (κ3) is 5.77. The van der Waals surface area contributed by atoms with E-state index >= 15 is 0 Å². The van der Waals surface area contributed by atoms with Crippen molar-refractivity contribution < 1.29 is 19.7 Å². The van der Waals surface area contributed by atoms with Gasteiger partial charge < -0.3 is 20.3 Å². The summed E-state index contributed by atoms with van der Waals surface area (Å²) in [5.74, 6) is 1.33. The largest absolute Gasteiger partial charge is 0.508 e. The van der Waals surface area contributed by atoms with Crippen LogP contribution in [-0.2, 0) is 10.2 Å². The number of carbonyl (C=O) groups is 1. The van der Waals surface area contributed by atoms with Crippen molar-refractivity contribution in [2.45, 2.75) is 134 Å². The van der Waals surface area contributed by atoms with Gasteiger partial charge in [-0.2, -0.15) is 0 Å². The summed E-state index contributed by atoms with van der Waals surface area (Å²) in [6.45, 7) is 11.0. The fourth-order valence-electron chi connectivity index (χ4n) is 6.61. The van der Waals surface area contributed by atoms with Gasteiger partial charge in [0.15, 0.2) is 0 Å². The summed E-state index contributed by atoms with van der Waals surface area (Å²) in [5.41, 5.74) is 2.37. The number of unbranched alkanes of at least 4 members (excludes halogenated alkanes) is 3. The number of fused-ring (bicyclic) bond motifs is 3. The third-order valence-electron chi connectivity index (χ3n) is 9.06. The first kappa shape index (κ1) is 27.0. The second kappa shape index (κ2) is 10.8. The maximum atomic E-state index is 13.2. The molecule has 0 unspecified atom stereocenters. The molecule has 0 bridgehead atoms. The molecule has 1 amide bonds. The van der Waals surface area contributed by atoms with E-state index in [0.29, 0.717) is 12.2 Å². The second-order valence-electron chi connectivity index (χ2n) is 12.7. The SMILES string of the molecule is CCCCCCC(C)(C)c1cc(O)c2c(c1)OC(C)(C)[C@@H]1CC=C(C(=O)N[C@H]3CC[C@H](O)CC3)C[C@@H]21. The van der Waals surface area contributed by atoms with Gasteiger partial charge in [-0.15, -0.1) is 0 Å². The van der Waals surface area contributed by atoms with Crippen LogP contribution in [0.3, 0.4) is 0 Å². The molecule has 0 spiro atoms. The summed E-state index contributed by atoms with van der Waals surface area (Å²) in [7, 11) is 0. The van der Waals surface area contributed by atoms with E-state index in [1.54, 1.807) is 0 Å². The van der Waals surface area contributed by atoms with Crippen molar-refractivity contribution in [2.24, 2.45) is 5.92 Å². The zero-order chi connectivity index (χ0) is 26.1. The zero-order valence-electron chi connectivity index (χ0n) is 23.0. The van der Waals surface area contributed by atoms with Gasteiger partial charge in [0.05, 0.1) is 6.10 Å². The monoisotopic (exact) mass is 497 g/mol. The summed E-state index contributed by atoms with van der Waals surface area (Å²) in [5, 5.41) is 24.3. The summed E-state index contributed by atoms with van der Waals surface area (Å²) in [6, 6.07) is 4.23. The molecule has 0 saturated heterocycles. The molecule has 3 aliphatic rings. The van der Waals surface area contributed by atoms with Crippen LogP contribution in [0.25, 0.3) is 0 Å². The Morgan fingerprint density at radius 3 is 2.56 bits per heavy atom. The minimum Gasteiger partial charge on any atom is -0.508 e. The average Bonchev–Trinajstić information content (AvgIpc) is 2.82. The van der Waals surface area contributed by atoms with Crippen LogP contribution >= 0.6 is 0 Å². The highest BCUT2D eigenvalue weighted by Gasteiger charge is 2.47. The van der Waals surface area contributed by atoms with E-state index in [2.05, 4.69) is 52.1 Å². The fourth-order valence-corrected chi connectivity index (χ4v) is 6.61. The van der Waals surface area contributed by atoms with Crippen LogP contribution in [0, 0.1) is 5.92 Å². The predicted octanol–water partition coefficient (Wildman–Crippen LogP) is 6.65. The molecular weight excluding hydrogens is 450 g/mol. The van der Waals surface area contributed by atoms with Crippen LogP contribution in [0.2, 0.25) is 0 Å². The number of hydrogen-bond acceptors (Lipinski definition) is 4. The number of aliphatic hydroxyl groups is 1. The quantitative estimate of drug-likeness (QED) is 0.351. The number of aromatic hydroxyl groups is 1. The van der Waals surface area contributed by atoms with Crippen molar-refractivity contribution >= 4 is 5.91 Å². The number of benzene rings is 1. The number of allylic oxidation sites excluding steroid dienone is 1. The Bertz CT molecular complexity index is 971. The molecule has 1 aromatic carbocycles. The van der Waals surface area contributed by atoms with E-state index < -0.39 is 0 Å². The Balaban J connectivity index is 1.55. The van der Waals surface area contributed by atoms with Crippen LogP contribution < -0.4 is 10.1 Å². The lowest BCUT2D eigenvalue weighted by Gasteiger charge is -2.47. The Kier molecular flexibility index (Phi) is 8.09. The molecule has 0 aromatic heterocycles. The van der Waals surface area contributed by atoms with Crippen molar-refractivity contribution in [2.75, 3.05) is 0 Å². The number of carbonyl (C=O) groups excluding carboxylic acids is 1. The summed E-state index contributed by atoms with van der Waals surface area (Å²) >= 11 is 0. The molecule has 1 aromatic rings. The molecule has 200 valence electrons. The summed E-state index contributed by atoms with van der Waals surface area (Å²) in [6.07, 6.45) is 12.3. The first-order valence-corrected chi connectivity index (χ1v) is 14.3. The molecule has 5 heteroatoms. The third-order valence-corrected chi connectivity index (χ3v) is 9.06. The fraction of sp³-hybridized carbons (Fsp3) is 0.710. The standard InChI is InChI=1S/C31H47NO4/c1-6-7-8-9-16-30(2,3)21-18-26(34)28-24-17-20(29(35)32-22-11-13-23(33)14-12-22)10-15-25(24)31(4,5)36-27(28)19-21/h10,18-19,22-25,33-34H,6-9,11-17H2,1-5H3,(H,32,35)/t22-,23-,24-,25-/m1/s1. The molecule has 2 aliphatic carbocycles. The lowest BCUT2D eigenvalue weighted by Crippen LogP contribution is -2.47. The van der Waals surface area contributed by atoms with Crippen LogP contribution in [-0.4, -0.2) is 33.9 Å². The number of amides is 1. The highest BCUT2D eigenvalue weighted by atomic mass is 16.5. The maximum absolute atomic E-state index is 13.2. The van der Waals surface area contributed by atoms with Gasteiger partial charge >= 0.3 is 0 Å². The summed E-state index contributed by atoms with van der Waals surface area (Å²) in [4.78, 5) is 13.2. The molecule has 0 radical (unpaired) electrons. The van der Waals surface area contributed by atoms with Gasteiger partial charge in [-0.3, -0.25) is 4.79 Å². The van der Waals surface area contributed by atoms with Crippen molar-refractivity contribution in [3.05, 3.63) is 34.9 Å². The Labute approximate surface area is 217 Å². The second-order valence-corrected chi connectivity index (χ2v) is 12.7. The lowest BCUT2D eigenvalue weighted by atomic mass is 9.66. The molecule has 5 nitrogen and oxygen atoms in total. The Morgan fingerprint density at radius 1 is 1.14 bits per heavy atom. The van der Waals surface area contributed by atoms with Gasteiger partial charge in [-0.05, 0) is 81.9 Å². The number of nitrogens with one attached hydrogen (secondary N) is 1. The number of aliphatic hydroxyl groups excluding tert-OH is 1. The van der Waals surface area contributed by atoms with Crippen molar-refractivity contribution in [1.29, 1.82) is 0 Å². The smallest absolute Gasteiger partial charge is 0.247 e. The van der Waals surface area contributed by atoms with Crippen LogP contribution in [0.4, 0.5) is 0 Å². The number of phenolic OH excluding ortho intramolecular Hbond substituents is 1. The number of ether oxygens (including phenoxy) is 1. The molecule has 1 saturated carbocycles. The van der Waals surface area contributed by atoms with Gasteiger partial charge in [0.1, 0.15) is 17.1 Å². The Morgan fingerprint density at radius 2 is 1.86 bits per heavy atom. The minimum atomic E-state index is -0.383. The van der Waals surface area contributed by atoms with Crippen molar-refractivity contribution in [1.82, 2.24) is 5.32 Å².